The van der Waals surface area contributed by atoms with Crippen molar-refractivity contribution >= 4 is 41.7 Å². The van der Waals surface area contributed by atoms with Crippen molar-refractivity contribution in [1.29, 1.82) is 0 Å². The SMILES string of the molecule is CCOC(=O)N1CCC(NC(=NC)NCc2cn3c(C)cccc3n2)CC1.I. The van der Waals surface area contributed by atoms with E-state index in [4.69, 9.17) is 4.74 Å². The highest BCUT2D eigenvalue weighted by Gasteiger charge is 2.24. The number of aliphatic imine (C=N–C) groups is 1. The molecule has 0 aromatic carbocycles. The number of guanidine groups is 1. The van der Waals surface area contributed by atoms with Crippen LogP contribution in [-0.4, -0.2) is 59.1 Å². The predicted octanol–water partition coefficient (Wildman–Crippen LogP) is 2.55. The molecule has 0 atom stereocenters. The topological polar surface area (TPSA) is 83.3 Å². The first-order chi connectivity index (χ1) is 13.1. The Morgan fingerprint density at radius 1 is 1.36 bits per heavy atom. The molecular formula is C19H29IN6O2. The maximum absolute atomic E-state index is 11.8. The van der Waals surface area contributed by atoms with E-state index in [1.807, 2.05) is 25.3 Å². The first kappa shape index (κ1) is 22.3. The zero-order valence-electron chi connectivity index (χ0n) is 16.6. The van der Waals surface area contributed by atoms with E-state index in [0.29, 0.717) is 26.2 Å². The van der Waals surface area contributed by atoms with Crippen LogP contribution in [0.15, 0.2) is 29.4 Å². The second-order valence-electron chi connectivity index (χ2n) is 6.66. The van der Waals surface area contributed by atoms with E-state index < -0.39 is 0 Å². The number of likely N-dealkylation sites (tertiary alicyclic amines) is 1. The maximum Gasteiger partial charge on any atom is 0.409 e. The van der Waals surface area contributed by atoms with Gasteiger partial charge >= 0.3 is 6.09 Å². The highest BCUT2D eigenvalue weighted by molar-refractivity contribution is 14.0. The van der Waals surface area contributed by atoms with E-state index in [2.05, 4.69) is 38.0 Å². The third-order valence-electron chi connectivity index (χ3n) is 4.77. The van der Waals surface area contributed by atoms with Gasteiger partial charge < -0.3 is 24.7 Å². The molecule has 2 aromatic heterocycles. The minimum Gasteiger partial charge on any atom is -0.450 e. The average molecular weight is 500 g/mol. The van der Waals surface area contributed by atoms with E-state index in [-0.39, 0.29) is 36.1 Å². The number of carbonyl (C=O) groups is 1. The number of imidazole rings is 1. The van der Waals surface area contributed by atoms with Crippen molar-refractivity contribution in [3.63, 3.8) is 0 Å². The minimum atomic E-state index is -0.222. The fraction of sp³-hybridized carbons (Fsp3) is 0.526. The number of aryl methyl sites for hydroxylation is 1. The number of amides is 1. The fourth-order valence-corrected chi connectivity index (χ4v) is 3.27. The van der Waals surface area contributed by atoms with Crippen molar-refractivity contribution in [3.8, 4) is 0 Å². The smallest absolute Gasteiger partial charge is 0.409 e. The molecule has 2 N–H and O–H groups in total. The number of hydrogen-bond donors (Lipinski definition) is 2. The summed E-state index contributed by atoms with van der Waals surface area (Å²) in [5, 5.41) is 6.76. The normalized spacial score (nSPS) is 15.2. The molecule has 1 aliphatic heterocycles. The molecule has 0 aliphatic carbocycles. The molecule has 3 heterocycles. The van der Waals surface area contributed by atoms with Gasteiger partial charge in [-0.15, -0.1) is 24.0 Å². The molecule has 3 rings (SSSR count). The van der Waals surface area contributed by atoms with Gasteiger partial charge in [0.1, 0.15) is 5.65 Å². The van der Waals surface area contributed by atoms with E-state index in [1.54, 1.807) is 11.9 Å². The third kappa shape index (κ3) is 5.49. The van der Waals surface area contributed by atoms with Crippen LogP contribution in [0, 0.1) is 6.92 Å². The number of rotatable bonds is 4. The van der Waals surface area contributed by atoms with Gasteiger partial charge in [0.2, 0.25) is 0 Å². The molecule has 0 bridgehead atoms. The summed E-state index contributed by atoms with van der Waals surface area (Å²) in [6, 6.07) is 6.36. The van der Waals surface area contributed by atoms with Crippen molar-refractivity contribution in [2.24, 2.45) is 4.99 Å². The number of aromatic nitrogens is 2. The number of halogens is 1. The summed E-state index contributed by atoms with van der Waals surface area (Å²) in [4.78, 5) is 22.5. The second-order valence-corrected chi connectivity index (χ2v) is 6.66. The van der Waals surface area contributed by atoms with Crippen molar-refractivity contribution in [2.75, 3.05) is 26.7 Å². The molecule has 8 nitrogen and oxygen atoms in total. The number of pyridine rings is 1. The van der Waals surface area contributed by atoms with Crippen LogP contribution in [0.2, 0.25) is 0 Å². The van der Waals surface area contributed by atoms with Crippen LogP contribution in [0.5, 0.6) is 0 Å². The Labute approximate surface area is 182 Å². The summed E-state index contributed by atoms with van der Waals surface area (Å²) in [7, 11) is 1.76. The van der Waals surface area contributed by atoms with Gasteiger partial charge in [0, 0.05) is 38.1 Å². The van der Waals surface area contributed by atoms with Crippen LogP contribution >= 0.6 is 24.0 Å². The van der Waals surface area contributed by atoms with Gasteiger partial charge in [-0.1, -0.05) is 6.07 Å². The molecule has 0 spiro atoms. The summed E-state index contributed by atoms with van der Waals surface area (Å²) >= 11 is 0. The minimum absolute atomic E-state index is 0. The van der Waals surface area contributed by atoms with Gasteiger partial charge in [-0.05, 0) is 38.8 Å². The first-order valence-corrected chi connectivity index (χ1v) is 9.43. The molecule has 0 unspecified atom stereocenters. The van der Waals surface area contributed by atoms with Crippen molar-refractivity contribution in [3.05, 3.63) is 35.8 Å². The molecule has 1 saturated heterocycles. The van der Waals surface area contributed by atoms with E-state index in [0.717, 1.165) is 35.8 Å². The molecule has 154 valence electrons. The largest absolute Gasteiger partial charge is 0.450 e. The summed E-state index contributed by atoms with van der Waals surface area (Å²) < 4.78 is 7.14. The number of carbonyl (C=O) groups excluding carboxylic acids is 1. The molecule has 0 radical (unpaired) electrons. The highest BCUT2D eigenvalue weighted by Crippen LogP contribution is 2.12. The van der Waals surface area contributed by atoms with Crippen LogP contribution in [-0.2, 0) is 11.3 Å². The zero-order valence-corrected chi connectivity index (χ0v) is 19.0. The van der Waals surface area contributed by atoms with E-state index >= 15 is 0 Å². The van der Waals surface area contributed by atoms with Gasteiger partial charge in [0.05, 0.1) is 18.8 Å². The maximum atomic E-state index is 11.8. The Balaban J connectivity index is 0.00000280. The quantitative estimate of drug-likeness (QED) is 0.383. The van der Waals surface area contributed by atoms with Crippen LogP contribution in [0.1, 0.15) is 31.2 Å². The van der Waals surface area contributed by atoms with Gasteiger partial charge in [-0.2, -0.15) is 0 Å². The predicted molar refractivity (Wildman–Crippen MR) is 120 cm³/mol. The number of hydrogen-bond acceptors (Lipinski definition) is 4. The lowest BCUT2D eigenvalue weighted by Gasteiger charge is -2.32. The fourth-order valence-electron chi connectivity index (χ4n) is 3.27. The van der Waals surface area contributed by atoms with Crippen molar-refractivity contribution < 1.29 is 9.53 Å². The van der Waals surface area contributed by atoms with Crippen LogP contribution in [0.4, 0.5) is 4.79 Å². The first-order valence-electron chi connectivity index (χ1n) is 9.43. The van der Waals surface area contributed by atoms with Crippen LogP contribution in [0.25, 0.3) is 5.65 Å². The summed E-state index contributed by atoms with van der Waals surface area (Å²) in [5.74, 6) is 0.748. The highest BCUT2D eigenvalue weighted by atomic mass is 127. The zero-order chi connectivity index (χ0) is 19.2. The monoisotopic (exact) mass is 500 g/mol. The van der Waals surface area contributed by atoms with Gasteiger partial charge in [0.25, 0.3) is 0 Å². The molecule has 1 aliphatic rings. The Morgan fingerprint density at radius 3 is 2.75 bits per heavy atom. The summed E-state index contributed by atoms with van der Waals surface area (Å²) in [6.45, 7) is 6.29. The van der Waals surface area contributed by atoms with E-state index in [1.165, 1.54) is 0 Å². The third-order valence-corrected chi connectivity index (χ3v) is 4.77. The Morgan fingerprint density at radius 2 is 2.11 bits per heavy atom. The van der Waals surface area contributed by atoms with Gasteiger partial charge in [0.15, 0.2) is 5.96 Å². The second kappa shape index (κ2) is 10.5. The Bertz CT molecular complexity index is 814. The lowest BCUT2D eigenvalue weighted by atomic mass is 10.1. The Kier molecular flexibility index (Phi) is 8.34. The number of ether oxygens (including phenoxy) is 1. The number of fused-ring (bicyclic) bond motifs is 1. The lowest BCUT2D eigenvalue weighted by molar-refractivity contribution is 0.0963. The molecular weight excluding hydrogens is 471 g/mol. The molecule has 1 amide bonds. The van der Waals surface area contributed by atoms with Crippen molar-refractivity contribution in [2.45, 2.75) is 39.3 Å². The lowest BCUT2D eigenvalue weighted by Crippen LogP contribution is -2.49. The summed E-state index contributed by atoms with van der Waals surface area (Å²) in [5.41, 5.74) is 3.06. The standard InChI is InChI=1S/C19H28N6O2.HI/c1-4-27-19(26)24-10-8-15(9-11-24)23-18(20-3)21-12-16-13-25-14(2)6-5-7-17(25)22-16;/h5-7,13,15H,4,8-12H2,1-3H3,(H2,20,21,23);1H. The summed E-state index contributed by atoms with van der Waals surface area (Å²) in [6.07, 6.45) is 3.56. The number of piperidine rings is 1. The van der Waals surface area contributed by atoms with E-state index in [9.17, 15) is 4.79 Å². The van der Waals surface area contributed by atoms with Gasteiger partial charge in [-0.25, -0.2) is 9.78 Å². The van der Waals surface area contributed by atoms with Crippen LogP contribution in [0.3, 0.4) is 0 Å². The number of nitrogens with zero attached hydrogens (tertiary/aromatic N) is 4. The average Bonchev–Trinajstić information content (AvgIpc) is 3.10. The molecule has 2 aromatic rings. The van der Waals surface area contributed by atoms with Crippen molar-refractivity contribution in [1.82, 2.24) is 24.9 Å². The molecule has 9 heteroatoms. The molecule has 28 heavy (non-hydrogen) atoms. The number of nitrogens with one attached hydrogen (secondary N) is 2. The van der Waals surface area contributed by atoms with Gasteiger partial charge in [-0.3, -0.25) is 4.99 Å². The molecule has 1 fully saturated rings. The van der Waals surface area contributed by atoms with Crippen LogP contribution < -0.4 is 10.6 Å². The molecule has 0 saturated carbocycles. The Hall–Kier alpha value is -2.04.